The Bertz CT molecular complexity index is 913. The van der Waals surface area contributed by atoms with Crippen LogP contribution in [0.4, 0.5) is 5.82 Å². The van der Waals surface area contributed by atoms with Crippen molar-refractivity contribution in [2.75, 3.05) is 32.3 Å². The molecule has 0 saturated heterocycles. The molecule has 0 unspecified atom stereocenters. The van der Waals surface area contributed by atoms with Gasteiger partial charge in [-0.2, -0.15) is 0 Å². The Morgan fingerprint density at radius 2 is 2.07 bits per heavy atom. The molecule has 0 atom stereocenters. The van der Waals surface area contributed by atoms with Gasteiger partial charge in [-0.15, -0.1) is 0 Å². The molecule has 1 amide bonds. The minimum Gasteiger partial charge on any atom is -0.454 e. The van der Waals surface area contributed by atoms with Crippen LogP contribution < -0.4 is 20.1 Å². The Hall–Kier alpha value is -2.87. The van der Waals surface area contributed by atoms with Crippen molar-refractivity contribution < 1.29 is 19.0 Å². The van der Waals surface area contributed by atoms with Gasteiger partial charge in [0.05, 0.1) is 5.60 Å². The second-order valence-corrected chi connectivity index (χ2v) is 7.50. The highest BCUT2D eigenvalue weighted by atomic mass is 16.7. The molecule has 8 nitrogen and oxygen atoms in total. The van der Waals surface area contributed by atoms with Crippen LogP contribution in [0.15, 0.2) is 18.2 Å². The van der Waals surface area contributed by atoms with E-state index in [1.165, 1.54) is 0 Å². The fraction of sp³-hybridized carbons (Fsp3) is 0.450. The number of hydrogen-bond acceptors (Lipinski definition) is 7. The summed E-state index contributed by atoms with van der Waals surface area (Å²) in [6, 6.07) is 5.76. The van der Waals surface area contributed by atoms with E-state index in [1.807, 2.05) is 32.0 Å². The van der Waals surface area contributed by atoms with Crippen LogP contribution in [0.2, 0.25) is 0 Å². The van der Waals surface area contributed by atoms with Crippen molar-refractivity contribution in [2.45, 2.75) is 32.3 Å². The van der Waals surface area contributed by atoms with Crippen LogP contribution in [0.3, 0.4) is 0 Å². The van der Waals surface area contributed by atoms with Crippen LogP contribution in [-0.2, 0) is 17.6 Å². The summed E-state index contributed by atoms with van der Waals surface area (Å²) < 4.78 is 16.3. The maximum Gasteiger partial charge on any atom is 0.270 e. The van der Waals surface area contributed by atoms with E-state index in [1.54, 1.807) is 7.11 Å². The molecule has 0 fully saturated rings. The zero-order chi connectivity index (χ0) is 19.7. The first-order valence-corrected chi connectivity index (χ1v) is 9.31. The predicted molar refractivity (Wildman–Crippen MR) is 103 cm³/mol. The van der Waals surface area contributed by atoms with Crippen LogP contribution in [-0.4, -0.2) is 48.5 Å². The Morgan fingerprint density at radius 1 is 1.25 bits per heavy atom. The Balaban J connectivity index is 1.64. The smallest absolute Gasteiger partial charge is 0.270 e. The van der Waals surface area contributed by atoms with Crippen LogP contribution in [0, 0.1) is 0 Å². The number of anilines is 1. The number of nitrogens with zero attached hydrogens (tertiary/aromatic N) is 2. The number of amides is 1. The zero-order valence-electron chi connectivity index (χ0n) is 16.3. The molecule has 28 heavy (non-hydrogen) atoms. The standard InChI is InChI=1S/C20H24N4O4/c1-20(2,26-3)10-22-18-13-6-7-21-19(25)17(13)23-16(24-18)9-12-4-5-14-15(8-12)28-11-27-14/h4-5,8H,6-7,9-11H2,1-3H3,(H,21,25)(H,22,23,24). The maximum atomic E-state index is 12.4. The van der Waals surface area contributed by atoms with Gasteiger partial charge < -0.3 is 24.8 Å². The molecule has 2 aliphatic rings. The van der Waals surface area contributed by atoms with Gasteiger partial charge in [-0.3, -0.25) is 4.79 Å². The number of nitrogens with one attached hydrogen (secondary N) is 2. The number of methoxy groups -OCH3 is 1. The van der Waals surface area contributed by atoms with Crippen LogP contribution >= 0.6 is 0 Å². The lowest BCUT2D eigenvalue weighted by Gasteiger charge is -2.26. The number of carbonyl (C=O) groups is 1. The third kappa shape index (κ3) is 3.73. The summed E-state index contributed by atoms with van der Waals surface area (Å²) >= 11 is 0. The van der Waals surface area contributed by atoms with Gasteiger partial charge in [0.2, 0.25) is 6.79 Å². The molecule has 0 saturated carbocycles. The third-order valence-electron chi connectivity index (χ3n) is 4.96. The van der Waals surface area contributed by atoms with E-state index >= 15 is 0 Å². The van der Waals surface area contributed by atoms with Crippen molar-refractivity contribution in [2.24, 2.45) is 0 Å². The quantitative estimate of drug-likeness (QED) is 0.786. The number of carbonyl (C=O) groups excluding carboxylic acids is 1. The first-order chi connectivity index (χ1) is 13.4. The van der Waals surface area contributed by atoms with Gasteiger partial charge in [-0.05, 0) is 38.0 Å². The first kappa shape index (κ1) is 18.5. The van der Waals surface area contributed by atoms with Gasteiger partial charge in [-0.25, -0.2) is 9.97 Å². The summed E-state index contributed by atoms with van der Waals surface area (Å²) in [4.78, 5) is 21.6. The van der Waals surface area contributed by atoms with E-state index < -0.39 is 0 Å². The fourth-order valence-electron chi connectivity index (χ4n) is 3.17. The largest absolute Gasteiger partial charge is 0.454 e. The normalized spacial score (nSPS) is 15.2. The number of hydrogen-bond donors (Lipinski definition) is 2. The van der Waals surface area contributed by atoms with Gasteiger partial charge in [-0.1, -0.05) is 6.07 Å². The number of aromatic nitrogens is 2. The summed E-state index contributed by atoms with van der Waals surface area (Å²) in [5.74, 6) is 2.56. The average molecular weight is 384 g/mol. The highest BCUT2D eigenvalue weighted by Gasteiger charge is 2.25. The molecule has 1 aromatic heterocycles. The lowest BCUT2D eigenvalue weighted by Crippen LogP contribution is -2.36. The molecule has 0 radical (unpaired) electrons. The molecule has 1 aromatic carbocycles. The van der Waals surface area contributed by atoms with Crippen molar-refractivity contribution in [3.8, 4) is 11.5 Å². The lowest BCUT2D eigenvalue weighted by molar-refractivity contribution is 0.0343. The molecule has 0 bridgehead atoms. The molecular weight excluding hydrogens is 360 g/mol. The number of rotatable bonds is 6. The van der Waals surface area contributed by atoms with E-state index in [9.17, 15) is 4.79 Å². The molecule has 0 aliphatic carbocycles. The van der Waals surface area contributed by atoms with E-state index in [4.69, 9.17) is 19.2 Å². The van der Waals surface area contributed by atoms with Gasteiger partial charge in [0, 0.05) is 32.2 Å². The minimum atomic E-state index is -0.355. The summed E-state index contributed by atoms with van der Waals surface area (Å²) in [5.41, 5.74) is 1.93. The highest BCUT2D eigenvalue weighted by Crippen LogP contribution is 2.33. The minimum absolute atomic E-state index is 0.162. The van der Waals surface area contributed by atoms with E-state index in [0.29, 0.717) is 49.0 Å². The van der Waals surface area contributed by atoms with E-state index in [-0.39, 0.29) is 18.3 Å². The van der Waals surface area contributed by atoms with Crippen LogP contribution in [0.5, 0.6) is 11.5 Å². The topological polar surface area (TPSA) is 94.6 Å². The molecule has 2 aromatic rings. The molecule has 148 valence electrons. The Labute approximate surface area is 163 Å². The van der Waals surface area contributed by atoms with Crippen molar-refractivity contribution in [1.82, 2.24) is 15.3 Å². The number of ether oxygens (including phenoxy) is 3. The molecule has 2 N–H and O–H groups in total. The molecule has 4 rings (SSSR count). The Kier molecular flexibility index (Phi) is 4.80. The molecule has 2 aliphatic heterocycles. The van der Waals surface area contributed by atoms with Crippen molar-refractivity contribution in [1.29, 1.82) is 0 Å². The number of fused-ring (bicyclic) bond motifs is 2. The highest BCUT2D eigenvalue weighted by molar-refractivity contribution is 5.96. The number of benzene rings is 1. The molecule has 8 heteroatoms. The molecule has 3 heterocycles. The molecule has 0 spiro atoms. The second kappa shape index (κ2) is 7.27. The van der Waals surface area contributed by atoms with Gasteiger partial charge in [0.1, 0.15) is 17.3 Å². The Morgan fingerprint density at radius 3 is 2.89 bits per heavy atom. The summed E-state index contributed by atoms with van der Waals surface area (Å²) in [7, 11) is 1.68. The fourth-order valence-corrected chi connectivity index (χ4v) is 3.17. The monoisotopic (exact) mass is 384 g/mol. The predicted octanol–water partition coefficient (Wildman–Crippen LogP) is 1.92. The van der Waals surface area contributed by atoms with Gasteiger partial charge in [0.15, 0.2) is 11.5 Å². The maximum absolute atomic E-state index is 12.4. The van der Waals surface area contributed by atoms with Gasteiger partial charge in [0.25, 0.3) is 5.91 Å². The van der Waals surface area contributed by atoms with Crippen molar-refractivity contribution in [3.63, 3.8) is 0 Å². The first-order valence-electron chi connectivity index (χ1n) is 9.31. The molecular formula is C20H24N4O4. The zero-order valence-corrected chi connectivity index (χ0v) is 16.3. The van der Waals surface area contributed by atoms with Crippen LogP contribution in [0.25, 0.3) is 0 Å². The van der Waals surface area contributed by atoms with Crippen molar-refractivity contribution >= 4 is 11.7 Å². The van der Waals surface area contributed by atoms with Gasteiger partial charge >= 0.3 is 0 Å². The van der Waals surface area contributed by atoms with E-state index in [2.05, 4.69) is 15.6 Å². The summed E-state index contributed by atoms with van der Waals surface area (Å²) in [6.45, 7) is 5.37. The second-order valence-electron chi connectivity index (χ2n) is 7.50. The summed E-state index contributed by atoms with van der Waals surface area (Å²) in [5, 5.41) is 6.21. The lowest BCUT2D eigenvalue weighted by atomic mass is 10.0. The SMILES string of the molecule is COC(C)(C)CNc1nc(Cc2ccc3c(c2)OCO3)nc2c1CCNC2=O. The van der Waals surface area contributed by atoms with Crippen molar-refractivity contribution in [3.05, 3.63) is 40.8 Å². The average Bonchev–Trinajstić information content (AvgIpc) is 3.15. The van der Waals surface area contributed by atoms with E-state index in [0.717, 1.165) is 16.9 Å². The van der Waals surface area contributed by atoms with Crippen LogP contribution in [0.1, 0.15) is 41.3 Å². The summed E-state index contributed by atoms with van der Waals surface area (Å²) in [6.07, 6.45) is 1.18. The third-order valence-corrected chi connectivity index (χ3v) is 4.96.